The lowest BCUT2D eigenvalue weighted by Crippen LogP contribution is -2.16. The second kappa shape index (κ2) is 6.98. The fraction of sp³-hybridized carbons (Fsp3) is 0.625. The largest absolute Gasteiger partial charge is 0.433 e. The average molecular weight is 280 g/mol. The third-order valence-corrected chi connectivity index (χ3v) is 1.77. The molecule has 0 aliphatic rings. The Morgan fingerprint density at radius 1 is 1.38 bits per heavy atom. The number of aromatic nitrogens is 2. The summed E-state index contributed by atoms with van der Waals surface area (Å²) in [5.74, 6) is 0. The number of hydrogen-bond acceptors (Lipinski definition) is 2. The van der Waals surface area contributed by atoms with Crippen LogP contribution in [0.4, 0.5) is 13.2 Å². The van der Waals surface area contributed by atoms with E-state index in [2.05, 4.69) is 5.10 Å². The van der Waals surface area contributed by atoms with Crippen LogP contribution in [0, 0.1) is 6.92 Å². The zero-order valence-corrected chi connectivity index (χ0v) is 10.3. The number of alkyl halides is 3. The smallest absolute Gasteiger partial charge is 0.330 e. The van der Waals surface area contributed by atoms with Crippen molar-refractivity contribution in [3.8, 4) is 0 Å². The number of hydrogen-bond donors (Lipinski definition) is 1. The molecule has 0 unspecified atom stereocenters. The van der Waals surface area contributed by atoms with Gasteiger partial charge in [0.2, 0.25) is 0 Å². The lowest BCUT2D eigenvalue weighted by molar-refractivity contribution is -0.144. The van der Waals surface area contributed by atoms with E-state index in [1.54, 1.807) is 0 Å². The SMILES string of the molecule is Cc1cc(C(F)(F)F)n(CCCN)n1.Cl.Cl. The van der Waals surface area contributed by atoms with E-state index < -0.39 is 11.9 Å². The van der Waals surface area contributed by atoms with E-state index in [0.29, 0.717) is 18.7 Å². The Balaban J connectivity index is 0. The first kappa shape index (κ1) is 17.9. The second-order valence-corrected chi connectivity index (χ2v) is 3.03. The highest BCUT2D eigenvalue weighted by atomic mass is 35.5. The van der Waals surface area contributed by atoms with Gasteiger partial charge in [0.1, 0.15) is 5.69 Å². The van der Waals surface area contributed by atoms with Crippen LogP contribution in [0.25, 0.3) is 0 Å². The Hall–Kier alpha value is -0.460. The number of nitrogens with zero attached hydrogens (tertiary/aromatic N) is 2. The minimum absolute atomic E-state index is 0. The quantitative estimate of drug-likeness (QED) is 0.924. The first-order chi connectivity index (χ1) is 6.45. The summed E-state index contributed by atoms with van der Waals surface area (Å²) in [6.45, 7) is 2.10. The lowest BCUT2D eigenvalue weighted by Gasteiger charge is -2.09. The molecule has 0 amide bonds. The summed E-state index contributed by atoms with van der Waals surface area (Å²) in [6.07, 6.45) is -3.85. The molecule has 0 fully saturated rings. The molecule has 0 aliphatic carbocycles. The Kier molecular flexibility index (Phi) is 7.82. The summed E-state index contributed by atoms with van der Waals surface area (Å²) < 4.78 is 38.2. The van der Waals surface area contributed by atoms with Crippen molar-refractivity contribution >= 4 is 24.8 Å². The average Bonchev–Trinajstić information content (AvgIpc) is 2.42. The number of rotatable bonds is 3. The summed E-state index contributed by atoms with van der Waals surface area (Å²) in [5.41, 5.74) is 4.88. The number of halogens is 5. The van der Waals surface area contributed by atoms with Crippen LogP contribution in [0.2, 0.25) is 0 Å². The van der Waals surface area contributed by atoms with E-state index in [-0.39, 0.29) is 31.4 Å². The van der Waals surface area contributed by atoms with Crippen molar-refractivity contribution < 1.29 is 13.2 Å². The molecular formula is C8H14Cl2F3N3. The molecule has 1 rings (SSSR count). The van der Waals surface area contributed by atoms with E-state index in [9.17, 15) is 13.2 Å². The van der Waals surface area contributed by atoms with Crippen molar-refractivity contribution in [1.29, 1.82) is 0 Å². The van der Waals surface area contributed by atoms with E-state index in [0.717, 1.165) is 10.7 Å². The van der Waals surface area contributed by atoms with Crippen LogP contribution in [0.15, 0.2) is 6.07 Å². The summed E-state index contributed by atoms with van der Waals surface area (Å²) in [4.78, 5) is 0. The molecule has 8 heteroatoms. The maximum Gasteiger partial charge on any atom is 0.433 e. The molecule has 0 atom stereocenters. The topological polar surface area (TPSA) is 43.8 Å². The molecule has 2 N–H and O–H groups in total. The Morgan fingerprint density at radius 2 is 1.94 bits per heavy atom. The van der Waals surface area contributed by atoms with Gasteiger partial charge in [-0.1, -0.05) is 0 Å². The van der Waals surface area contributed by atoms with E-state index in [4.69, 9.17) is 5.73 Å². The molecule has 3 nitrogen and oxygen atoms in total. The fourth-order valence-corrected chi connectivity index (χ4v) is 1.19. The van der Waals surface area contributed by atoms with Gasteiger partial charge in [-0.05, 0) is 26.0 Å². The van der Waals surface area contributed by atoms with Crippen molar-refractivity contribution in [3.63, 3.8) is 0 Å². The molecular weight excluding hydrogens is 266 g/mol. The van der Waals surface area contributed by atoms with Crippen molar-refractivity contribution in [2.45, 2.75) is 26.1 Å². The highest BCUT2D eigenvalue weighted by Crippen LogP contribution is 2.29. The first-order valence-corrected chi connectivity index (χ1v) is 4.27. The van der Waals surface area contributed by atoms with Gasteiger partial charge in [0.05, 0.1) is 5.69 Å². The fourth-order valence-electron chi connectivity index (χ4n) is 1.19. The van der Waals surface area contributed by atoms with Crippen molar-refractivity contribution in [2.75, 3.05) is 6.54 Å². The van der Waals surface area contributed by atoms with E-state index in [1.165, 1.54) is 6.92 Å². The van der Waals surface area contributed by atoms with Crippen LogP contribution >= 0.6 is 24.8 Å². The van der Waals surface area contributed by atoms with Crippen LogP contribution in [0.3, 0.4) is 0 Å². The van der Waals surface area contributed by atoms with Crippen molar-refractivity contribution in [1.82, 2.24) is 9.78 Å². The normalized spacial score (nSPS) is 10.6. The van der Waals surface area contributed by atoms with Crippen LogP contribution in [0.5, 0.6) is 0 Å². The van der Waals surface area contributed by atoms with Gasteiger partial charge >= 0.3 is 6.18 Å². The molecule has 0 aliphatic heterocycles. The predicted molar refractivity (Wildman–Crippen MR) is 60.1 cm³/mol. The highest BCUT2D eigenvalue weighted by Gasteiger charge is 2.35. The molecule has 1 aromatic heterocycles. The molecule has 96 valence electrons. The van der Waals surface area contributed by atoms with Gasteiger partial charge in [-0.15, -0.1) is 24.8 Å². The zero-order chi connectivity index (χ0) is 10.8. The molecule has 1 heterocycles. The van der Waals surface area contributed by atoms with Gasteiger partial charge in [0, 0.05) is 6.54 Å². The van der Waals surface area contributed by atoms with Gasteiger partial charge in [0.15, 0.2) is 0 Å². The molecule has 1 aromatic rings. The van der Waals surface area contributed by atoms with Gasteiger partial charge in [0.25, 0.3) is 0 Å². The molecule has 16 heavy (non-hydrogen) atoms. The van der Waals surface area contributed by atoms with Crippen LogP contribution in [-0.2, 0) is 12.7 Å². The third-order valence-electron chi connectivity index (χ3n) is 1.77. The van der Waals surface area contributed by atoms with Crippen LogP contribution < -0.4 is 5.73 Å². The molecule has 0 aromatic carbocycles. The second-order valence-electron chi connectivity index (χ2n) is 3.03. The van der Waals surface area contributed by atoms with Gasteiger partial charge in [-0.2, -0.15) is 18.3 Å². The van der Waals surface area contributed by atoms with E-state index in [1.807, 2.05) is 0 Å². The summed E-state index contributed by atoms with van der Waals surface area (Å²) >= 11 is 0. The highest BCUT2D eigenvalue weighted by molar-refractivity contribution is 5.85. The maximum absolute atomic E-state index is 12.4. The van der Waals surface area contributed by atoms with Gasteiger partial charge < -0.3 is 5.73 Å². The Bertz CT molecular complexity index is 312. The molecule has 0 radical (unpaired) electrons. The van der Waals surface area contributed by atoms with Gasteiger partial charge in [-0.3, -0.25) is 4.68 Å². The number of nitrogens with two attached hydrogens (primary N) is 1. The minimum atomic E-state index is -4.34. The minimum Gasteiger partial charge on any atom is -0.330 e. The summed E-state index contributed by atoms with van der Waals surface area (Å²) in [5, 5.41) is 3.76. The zero-order valence-electron chi connectivity index (χ0n) is 8.62. The van der Waals surface area contributed by atoms with Crippen molar-refractivity contribution in [3.05, 3.63) is 17.5 Å². The Morgan fingerprint density at radius 3 is 2.38 bits per heavy atom. The first-order valence-electron chi connectivity index (χ1n) is 4.27. The third kappa shape index (κ3) is 4.59. The summed E-state index contributed by atoms with van der Waals surface area (Å²) in [6, 6.07) is 1.04. The maximum atomic E-state index is 12.4. The standard InChI is InChI=1S/C8H12F3N3.2ClH/c1-6-5-7(8(9,10)11)14(13-6)4-2-3-12;;/h5H,2-4,12H2,1H3;2*1H. The molecule has 0 spiro atoms. The van der Waals surface area contributed by atoms with E-state index >= 15 is 0 Å². The monoisotopic (exact) mass is 279 g/mol. The van der Waals surface area contributed by atoms with Crippen LogP contribution in [-0.4, -0.2) is 16.3 Å². The van der Waals surface area contributed by atoms with Gasteiger partial charge in [-0.25, -0.2) is 0 Å². The van der Waals surface area contributed by atoms with Crippen molar-refractivity contribution in [2.24, 2.45) is 5.73 Å². The lowest BCUT2D eigenvalue weighted by atomic mass is 10.3. The summed E-state index contributed by atoms with van der Waals surface area (Å²) in [7, 11) is 0. The predicted octanol–water partition coefficient (Wildman–Crippen LogP) is 2.40. The number of aryl methyl sites for hydroxylation is 2. The Labute approximate surface area is 104 Å². The molecule has 0 saturated carbocycles. The molecule has 0 saturated heterocycles. The van der Waals surface area contributed by atoms with Crippen LogP contribution in [0.1, 0.15) is 17.8 Å². The molecule has 0 bridgehead atoms.